The highest BCUT2D eigenvalue weighted by atomic mass is 16.2. The van der Waals surface area contributed by atoms with Gasteiger partial charge in [-0.05, 0) is 35.4 Å². The van der Waals surface area contributed by atoms with Crippen LogP contribution >= 0.6 is 0 Å². The van der Waals surface area contributed by atoms with Gasteiger partial charge in [0.1, 0.15) is 0 Å². The number of fused-ring (bicyclic) bond motifs is 1. The molecule has 2 saturated heterocycles. The average molecular weight is 398 g/mol. The van der Waals surface area contributed by atoms with Gasteiger partial charge in [0.05, 0.1) is 24.5 Å². The van der Waals surface area contributed by atoms with E-state index >= 15 is 0 Å². The Bertz CT molecular complexity index is 1120. The summed E-state index contributed by atoms with van der Waals surface area (Å²) in [6.45, 7) is 0.692. The van der Waals surface area contributed by atoms with Crippen molar-refractivity contribution in [2.75, 3.05) is 0 Å². The maximum atomic E-state index is 13.4. The number of urea groups is 2. The number of amides is 4. The summed E-state index contributed by atoms with van der Waals surface area (Å²) in [6.07, 6.45) is 3.34. The molecular weight excluding hydrogens is 380 g/mol. The zero-order valence-electron chi connectivity index (χ0n) is 15.9. The van der Waals surface area contributed by atoms with Crippen LogP contribution in [-0.2, 0) is 24.4 Å². The molecule has 0 aliphatic carbocycles. The second-order valence-corrected chi connectivity index (χ2v) is 7.65. The van der Waals surface area contributed by atoms with Crippen molar-refractivity contribution in [2.24, 2.45) is 0 Å². The Morgan fingerprint density at radius 2 is 1.20 bits per heavy atom. The molecule has 8 heteroatoms. The molecular formula is C22H18N6O2. The van der Waals surface area contributed by atoms with Gasteiger partial charge < -0.3 is 10.6 Å². The zero-order valence-corrected chi connectivity index (χ0v) is 15.9. The van der Waals surface area contributed by atoms with Gasteiger partial charge in [0.25, 0.3) is 0 Å². The standard InChI is InChI=1S/C22H18N6O2/c29-19-25-21(17-9-3-5-11-23-17)22(18-10-4-6-12-24-18)27(19)13-15-7-1-2-8-16(15)14-28(22)20(30)26-21/h1-12H,13-14H2,(H,25,29)(H,26,30). The van der Waals surface area contributed by atoms with E-state index in [0.29, 0.717) is 24.5 Å². The van der Waals surface area contributed by atoms with E-state index in [1.54, 1.807) is 28.3 Å². The highest BCUT2D eigenvalue weighted by Crippen LogP contribution is 2.54. The number of carbonyl (C=O) groups is 2. The maximum Gasteiger partial charge on any atom is 0.322 e. The van der Waals surface area contributed by atoms with Gasteiger partial charge in [-0.2, -0.15) is 0 Å². The van der Waals surface area contributed by atoms with Crippen molar-refractivity contribution in [1.29, 1.82) is 0 Å². The first-order valence-electron chi connectivity index (χ1n) is 9.76. The van der Waals surface area contributed by atoms with Crippen molar-refractivity contribution >= 4 is 12.1 Å². The van der Waals surface area contributed by atoms with Crippen LogP contribution in [0.1, 0.15) is 22.5 Å². The van der Waals surface area contributed by atoms with Crippen molar-refractivity contribution < 1.29 is 9.59 Å². The van der Waals surface area contributed by atoms with Gasteiger partial charge in [0, 0.05) is 12.4 Å². The summed E-state index contributed by atoms with van der Waals surface area (Å²) < 4.78 is 0. The van der Waals surface area contributed by atoms with Crippen LogP contribution in [0.3, 0.4) is 0 Å². The molecule has 0 bridgehead atoms. The third-order valence-corrected chi connectivity index (χ3v) is 6.23. The Kier molecular flexibility index (Phi) is 3.27. The maximum absolute atomic E-state index is 13.4. The monoisotopic (exact) mass is 398 g/mol. The molecule has 1 aromatic carbocycles. The molecule has 0 unspecified atom stereocenters. The van der Waals surface area contributed by atoms with Gasteiger partial charge in [0.15, 0.2) is 0 Å². The summed E-state index contributed by atoms with van der Waals surface area (Å²) in [4.78, 5) is 39.4. The SMILES string of the molecule is O=C1NC2(c3ccccn3)NC(=O)N3Cc4ccccc4CN1C32c1ccccn1. The molecule has 5 heterocycles. The highest BCUT2D eigenvalue weighted by Gasteiger charge is 2.75. The molecule has 3 aliphatic heterocycles. The first-order chi connectivity index (χ1) is 14.7. The van der Waals surface area contributed by atoms with Crippen molar-refractivity contribution in [1.82, 2.24) is 30.4 Å². The largest absolute Gasteiger partial charge is 0.322 e. The molecule has 30 heavy (non-hydrogen) atoms. The van der Waals surface area contributed by atoms with Crippen molar-refractivity contribution in [3.05, 3.63) is 95.6 Å². The Labute approximate surface area is 172 Å². The van der Waals surface area contributed by atoms with Crippen LogP contribution in [-0.4, -0.2) is 31.8 Å². The van der Waals surface area contributed by atoms with Crippen LogP contribution in [0, 0.1) is 0 Å². The minimum atomic E-state index is -1.28. The Balaban J connectivity index is 1.70. The molecule has 0 atom stereocenters. The molecule has 2 N–H and O–H groups in total. The van der Waals surface area contributed by atoms with Crippen molar-refractivity contribution in [3.8, 4) is 0 Å². The number of rotatable bonds is 2. The molecule has 0 saturated carbocycles. The third kappa shape index (κ3) is 1.90. The van der Waals surface area contributed by atoms with Crippen molar-refractivity contribution in [2.45, 2.75) is 24.4 Å². The number of hydrogen-bond acceptors (Lipinski definition) is 4. The molecule has 0 spiro atoms. The van der Waals surface area contributed by atoms with Crippen LogP contribution in [0.5, 0.6) is 0 Å². The average Bonchev–Trinajstić information content (AvgIpc) is 3.08. The van der Waals surface area contributed by atoms with E-state index in [2.05, 4.69) is 20.6 Å². The summed E-state index contributed by atoms with van der Waals surface area (Å²) in [5, 5.41) is 6.11. The van der Waals surface area contributed by atoms with Crippen LogP contribution in [0.4, 0.5) is 9.59 Å². The van der Waals surface area contributed by atoms with Crippen LogP contribution in [0.2, 0.25) is 0 Å². The third-order valence-electron chi connectivity index (χ3n) is 6.23. The Morgan fingerprint density at radius 3 is 1.70 bits per heavy atom. The molecule has 8 nitrogen and oxygen atoms in total. The molecule has 3 aliphatic rings. The van der Waals surface area contributed by atoms with Crippen LogP contribution < -0.4 is 10.6 Å². The summed E-state index contributed by atoms with van der Waals surface area (Å²) in [6, 6.07) is 18.3. The summed E-state index contributed by atoms with van der Waals surface area (Å²) in [5.41, 5.74) is 0.659. The van der Waals surface area contributed by atoms with E-state index in [4.69, 9.17) is 0 Å². The molecule has 148 valence electrons. The summed E-state index contributed by atoms with van der Waals surface area (Å²) >= 11 is 0. The van der Waals surface area contributed by atoms with E-state index in [1.807, 2.05) is 54.6 Å². The fourth-order valence-corrected chi connectivity index (χ4v) is 5.01. The number of hydrogen-bond donors (Lipinski definition) is 2. The number of aromatic nitrogens is 2. The first kappa shape index (κ1) is 17.0. The molecule has 3 aromatic rings. The lowest BCUT2D eigenvalue weighted by Crippen LogP contribution is -2.62. The predicted molar refractivity (Wildman–Crippen MR) is 106 cm³/mol. The molecule has 0 radical (unpaired) electrons. The van der Waals surface area contributed by atoms with Crippen molar-refractivity contribution in [3.63, 3.8) is 0 Å². The predicted octanol–water partition coefficient (Wildman–Crippen LogP) is 2.25. The lowest BCUT2D eigenvalue weighted by Gasteiger charge is -2.44. The topological polar surface area (TPSA) is 90.5 Å². The molecule has 2 fully saturated rings. The molecule has 4 amide bonds. The van der Waals surface area contributed by atoms with E-state index in [-0.39, 0.29) is 12.1 Å². The normalized spacial score (nSPS) is 26.5. The lowest BCUT2D eigenvalue weighted by molar-refractivity contribution is -0.0205. The minimum absolute atomic E-state index is 0.284. The number of benzene rings is 1. The second-order valence-electron chi connectivity index (χ2n) is 7.65. The molecule has 2 aromatic heterocycles. The van der Waals surface area contributed by atoms with Gasteiger partial charge >= 0.3 is 12.1 Å². The van der Waals surface area contributed by atoms with E-state index in [0.717, 1.165) is 11.1 Å². The zero-order chi connectivity index (χ0) is 20.3. The smallest absolute Gasteiger partial charge is 0.306 e. The fourth-order valence-electron chi connectivity index (χ4n) is 5.01. The molecule has 6 rings (SSSR count). The summed E-state index contributed by atoms with van der Waals surface area (Å²) in [5.74, 6) is 0. The van der Waals surface area contributed by atoms with Gasteiger partial charge in [-0.25, -0.2) is 9.59 Å². The minimum Gasteiger partial charge on any atom is -0.306 e. The van der Waals surface area contributed by atoms with E-state index in [9.17, 15) is 9.59 Å². The number of nitrogens with zero attached hydrogens (tertiary/aromatic N) is 4. The Hall–Kier alpha value is -3.94. The van der Waals surface area contributed by atoms with Gasteiger partial charge in [-0.1, -0.05) is 36.4 Å². The van der Waals surface area contributed by atoms with Gasteiger partial charge in [-0.15, -0.1) is 0 Å². The number of pyridine rings is 2. The number of nitrogens with one attached hydrogen (secondary N) is 2. The van der Waals surface area contributed by atoms with E-state index < -0.39 is 11.3 Å². The quantitative estimate of drug-likeness (QED) is 0.693. The first-order valence-corrected chi connectivity index (χ1v) is 9.76. The summed E-state index contributed by atoms with van der Waals surface area (Å²) in [7, 11) is 0. The van der Waals surface area contributed by atoms with Crippen LogP contribution in [0.15, 0.2) is 73.1 Å². The fraction of sp³-hybridized carbons (Fsp3) is 0.182. The van der Waals surface area contributed by atoms with E-state index in [1.165, 1.54) is 0 Å². The second kappa shape index (κ2) is 5.79. The van der Waals surface area contributed by atoms with Crippen LogP contribution in [0.25, 0.3) is 0 Å². The number of carbonyl (C=O) groups excluding carboxylic acids is 2. The van der Waals surface area contributed by atoms with Gasteiger partial charge in [0.2, 0.25) is 11.3 Å². The lowest BCUT2D eigenvalue weighted by atomic mass is 9.86. The van der Waals surface area contributed by atoms with Gasteiger partial charge in [-0.3, -0.25) is 19.8 Å². The highest BCUT2D eigenvalue weighted by molar-refractivity contribution is 5.89. The Morgan fingerprint density at radius 1 is 0.700 bits per heavy atom.